The molecule has 9 heteroatoms. The Labute approximate surface area is 266 Å². The van der Waals surface area contributed by atoms with Crippen LogP contribution in [0, 0.1) is 12.8 Å². The molecule has 2 atom stereocenters. The van der Waals surface area contributed by atoms with E-state index in [2.05, 4.69) is 37.1 Å². The quantitative estimate of drug-likeness (QED) is 0.277. The number of esters is 1. The number of likely N-dealkylation sites (tertiary alicyclic amines) is 1. The molecule has 1 aliphatic heterocycles. The van der Waals surface area contributed by atoms with Gasteiger partial charge in [-0.1, -0.05) is 26.0 Å². The number of carbonyl (C=O) groups is 2. The second-order valence-electron chi connectivity index (χ2n) is 12.2. The van der Waals surface area contributed by atoms with Crippen LogP contribution in [0.1, 0.15) is 98.6 Å². The molecule has 2 unspecified atom stereocenters. The van der Waals surface area contributed by atoms with Crippen molar-refractivity contribution in [2.45, 2.75) is 85.2 Å². The summed E-state index contributed by atoms with van der Waals surface area (Å²) in [7, 11) is 0. The van der Waals surface area contributed by atoms with Gasteiger partial charge in [0.1, 0.15) is 24.0 Å². The number of pyridine rings is 1. The summed E-state index contributed by atoms with van der Waals surface area (Å²) in [5, 5.41) is 14.1. The first-order chi connectivity index (χ1) is 21.7. The van der Waals surface area contributed by atoms with E-state index < -0.39 is 6.10 Å². The Balaban J connectivity index is 1.33. The third-order valence-corrected chi connectivity index (χ3v) is 9.31. The van der Waals surface area contributed by atoms with Crippen molar-refractivity contribution >= 4 is 17.4 Å². The van der Waals surface area contributed by atoms with Gasteiger partial charge in [0.05, 0.1) is 24.2 Å². The van der Waals surface area contributed by atoms with Gasteiger partial charge in [0.15, 0.2) is 5.82 Å². The van der Waals surface area contributed by atoms with Gasteiger partial charge < -0.3 is 19.5 Å². The average molecular weight is 615 g/mol. The van der Waals surface area contributed by atoms with Crippen molar-refractivity contribution < 1.29 is 24.2 Å². The number of aromatic nitrogens is 3. The highest BCUT2D eigenvalue weighted by Crippen LogP contribution is 2.37. The third kappa shape index (κ3) is 7.14. The lowest BCUT2D eigenvalue weighted by atomic mass is 9.82. The third-order valence-electron chi connectivity index (χ3n) is 9.31. The number of nitrogens with zero attached hydrogens (tertiary/aromatic N) is 4. The SMILES string of the molecule is CCOC(=O)c1cnn(-c2cccc(C3=C(COc4ccc(C5CCN(C(=O)C(C)O)CC5)c(CC)c4)C(C)CCC3)n2)c1C. The van der Waals surface area contributed by atoms with Crippen LogP contribution >= 0.6 is 0 Å². The van der Waals surface area contributed by atoms with Crippen LogP contribution in [0.4, 0.5) is 0 Å². The van der Waals surface area contributed by atoms with Crippen molar-refractivity contribution in [1.29, 1.82) is 0 Å². The molecule has 2 aliphatic rings. The van der Waals surface area contributed by atoms with Gasteiger partial charge in [-0.2, -0.15) is 5.10 Å². The van der Waals surface area contributed by atoms with Crippen LogP contribution in [-0.2, 0) is 16.0 Å². The van der Waals surface area contributed by atoms with Gasteiger partial charge >= 0.3 is 5.97 Å². The van der Waals surface area contributed by atoms with Gasteiger partial charge in [0.2, 0.25) is 0 Å². The molecule has 9 nitrogen and oxygen atoms in total. The fourth-order valence-electron chi connectivity index (χ4n) is 6.71. The largest absolute Gasteiger partial charge is 0.489 e. The zero-order chi connectivity index (χ0) is 32.1. The first-order valence-electron chi connectivity index (χ1n) is 16.4. The van der Waals surface area contributed by atoms with Crippen LogP contribution in [0.2, 0.25) is 0 Å². The van der Waals surface area contributed by atoms with Crippen molar-refractivity contribution in [2.24, 2.45) is 5.92 Å². The van der Waals surface area contributed by atoms with Crippen LogP contribution in [0.3, 0.4) is 0 Å². The minimum atomic E-state index is -0.946. The summed E-state index contributed by atoms with van der Waals surface area (Å²) in [6.07, 6.45) is 6.43. The maximum atomic E-state index is 12.3. The van der Waals surface area contributed by atoms with Gasteiger partial charge in [-0.3, -0.25) is 4.79 Å². The Kier molecular flexibility index (Phi) is 10.4. The summed E-state index contributed by atoms with van der Waals surface area (Å²) >= 11 is 0. The van der Waals surface area contributed by atoms with Gasteiger partial charge in [0.25, 0.3) is 5.91 Å². The number of aliphatic hydroxyl groups is 1. The highest BCUT2D eigenvalue weighted by atomic mass is 16.5. The van der Waals surface area contributed by atoms with Crippen molar-refractivity contribution in [3.05, 3.63) is 76.2 Å². The number of carbonyl (C=O) groups excluding carboxylic acids is 2. The molecule has 5 rings (SSSR count). The Bertz CT molecular complexity index is 1550. The van der Waals surface area contributed by atoms with Crippen LogP contribution in [0.25, 0.3) is 11.4 Å². The molecule has 0 bridgehead atoms. The molecule has 1 aliphatic carbocycles. The van der Waals surface area contributed by atoms with E-state index in [1.165, 1.54) is 29.2 Å². The summed E-state index contributed by atoms with van der Waals surface area (Å²) in [4.78, 5) is 31.3. The summed E-state index contributed by atoms with van der Waals surface area (Å²) in [6, 6.07) is 12.4. The number of benzene rings is 1. The maximum Gasteiger partial charge on any atom is 0.341 e. The zero-order valence-electron chi connectivity index (χ0n) is 27.2. The number of hydrogen-bond donors (Lipinski definition) is 1. The van der Waals surface area contributed by atoms with Crippen molar-refractivity contribution in [3.8, 4) is 11.6 Å². The second kappa shape index (κ2) is 14.4. The number of piperidine rings is 1. The molecule has 240 valence electrons. The van der Waals surface area contributed by atoms with Gasteiger partial charge in [-0.15, -0.1) is 0 Å². The molecule has 1 amide bonds. The summed E-state index contributed by atoms with van der Waals surface area (Å²) in [6.45, 7) is 11.8. The lowest BCUT2D eigenvalue weighted by molar-refractivity contribution is -0.140. The number of rotatable bonds is 10. The van der Waals surface area contributed by atoms with E-state index in [0.717, 1.165) is 50.0 Å². The van der Waals surface area contributed by atoms with Crippen molar-refractivity contribution in [1.82, 2.24) is 19.7 Å². The normalized spacial score (nSPS) is 18.2. The van der Waals surface area contributed by atoms with Crippen LogP contribution in [-0.4, -0.2) is 69.1 Å². The molecular weight excluding hydrogens is 568 g/mol. The van der Waals surface area contributed by atoms with Crippen LogP contribution in [0.15, 0.2) is 48.2 Å². The molecule has 0 saturated carbocycles. The molecule has 1 N–H and O–H groups in total. The number of ether oxygens (including phenoxy) is 2. The number of hydrogen-bond acceptors (Lipinski definition) is 7. The van der Waals surface area contributed by atoms with Crippen LogP contribution in [0.5, 0.6) is 5.75 Å². The molecular formula is C36H46N4O5. The van der Waals surface area contributed by atoms with E-state index in [0.29, 0.717) is 55.2 Å². The Morgan fingerprint density at radius 1 is 1.11 bits per heavy atom. The minimum Gasteiger partial charge on any atom is -0.489 e. The number of amides is 1. The molecule has 0 radical (unpaired) electrons. The Morgan fingerprint density at radius 3 is 2.60 bits per heavy atom. The fourth-order valence-corrected chi connectivity index (χ4v) is 6.71. The number of aryl methyl sites for hydroxylation is 1. The topological polar surface area (TPSA) is 107 Å². The summed E-state index contributed by atoms with van der Waals surface area (Å²) < 4.78 is 13.4. The van der Waals surface area contributed by atoms with E-state index in [1.807, 2.05) is 25.1 Å². The van der Waals surface area contributed by atoms with Crippen molar-refractivity contribution in [3.63, 3.8) is 0 Å². The predicted molar refractivity (Wildman–Crippen MR) is 174 cm³/mol. The number of allylic oxidation sites excluding steroid dienone is 1. The summed E-state index contributed by atoms with van der Waals surface area (Å²) in [5.41, 5.74) is 7.16. The van der Waals surface area contributed by atoms with Gasteiger partial charge in [-0.05, 0) is 118 Å². The summed E-state index contributed by atoms with van der Waals surface area (Å²) in [5.74, 6) is 1.73. The number of aliphatic hydroxyl groups excluding tert-OH is 1. The van der Waals surface area contributed by atoms with Crippen molar-refractivity contribution in [2.75, 3.05) is 26.3 Å². The highest BCUT2D eigenvalue weighted by molar-refractivity contribution is 5.90. The molecule has 3 aromatic rings. The zero-order valence-corrected chi connectivity index (χ0v) is 27.2. The minimum absolute atomic E-state index is 0.180. The monoisotopic (exact) mass is 614 g/mol. The van der Waals surface area contributed by atoms with Crippen LogP contribution < -0.4 is 4.74 Å². The fraction of sp³-hybridized carbons (Fsp3) is 0.500. The molecule has 2 aromatic heterocycles. The van der Waals surface area contributed by atoms with E-state index >= 15 is 0 Å². The highest BCUT2D eigenvalue weighted by Gasteiger charge is 2.27. The first kappa shape index (κ1) is 32.4. The van der Waals surface area contributed by atoms with E-state index in [1.54, 1.807) is 22.7 Å². The molecule has 1 saturated heterocycles. The molecule has 0 spiro atoms. The molecule has 45 heavy (non-hydrogen) atoms. The van der Waals surface area contributed by atoms with E-state index in [4.69, 9.17) is 14.5 Å². The van der Waals surface area contributed by atoms with Gasteiger partial charge in [-0.25, -0.2) is 14.5 Å². The lowest BCUT2D eigenvalue weighted by Gasteiger charge is -2.33. The molecule has 3 heterocycles. The second-order valence-corrected chi connectivity index (χ2v) is 12.2. The molecule has 1 fully saturated rings. The predicted octanol–water partition coefficient (Wildman–Crippen LogP) is 6.05. The first-order valence-corrected chi connectivity index (χ1v) is 16.4. The van der Waals surface area contributed by atoms with E-state index in [9.17, 15) is 14.7 Å². The van der Waals surface area contributed by atoms with E-state index in [-0.39, 0.29) is 11.9 Å². The maximum absolute atomic E-state index is 12.3. The standard InChI is InChI=1S/C36H46N4O5/c1-6-26-20-28(14-15-29(26)27-16-18-39(19-17-27)35(42)25(5)41)45-22-32-23(3)10-8-11-30(32)33-12-9-13-34(38-33)40-24(4)31(21-37-40)36(43)44-7-2/h9,12-15,20-21,23,25,27,41H,6-8,10-11,16-19,22H2,1-5H3. The smallest absolute Gasteiger partial charge is 0.341 e. The average Bonchev–Trinajstić information content (AvgIpc) is 3.45. The Morgan fingerprint density at radius 2 is 1.89 bits per heavy atom. The lowest BCUT2D eigenvalue weighted by Crippen LogP contribution is -2.42. The van der Waals surface area contributed by atoms with Gasteiger partial charge in [0, 0.05) is 13.1 Å². The molecule has 1 aromatic carbocycles. The Hall–Kier alpha value is -3.98.